The lowest BCUT2D eigenvalue weighted by Gasteiger charge is -2.33. The van der Waals surface area contributed by atoms with Crippen LogP contribution in [0.5, 0.6) is 5.75 Å². The van der Waals surface area contributed by atoms with Crippen molar-refractivity contribution in [1.82, 2.24) is 5.32 Å². The van der Waals surface area contributed by atoms with Crippen molar-refractivity contribution in [3.05, 3.63) is 29.8 Å². The van der Waals surface area contributed by atoms with Gasteiger partial charge in [0, 0.05) is 31.9 Å². The maximum Gasteiger partial charge on any atom is 0.120 e. The van der Waals surface area contributed by atoms with Crippen molar-refractivity contribution in [1.29, 1.82) is 0 Å². The molecule has 2 N–H and O–H groups in total. The van der Waals surface area contributed by atoms with Crippen LogP contribution in [0.1, 0.15) is 25.3 Å². The molecule has 2 rings (SSSR count). The quantitative estimate of drug-likeness (QED) is 0.841. The molecule has 1 fully saturated rings. The highest BCUT2D eigenvalue weighted by molar-refractivity contribution is 5.31. The first-order valence-electron chi connectivity index (χ1n) is 6.25. The minimum absolute atomic E-state index is 0.336. The lowest BCUT2D eigenvalue weighted by Crippen LogP contribution is -2.36. The Hall–Kier alpha value is -1.06. The molecular formula is C14H21NO2. The standard InChI is InChI=1S/C14H21NO2/c1-14(6-8-17-9-7-14)11-15-10-12-4-2-3-5-13(12)16/h2-5,15-16H,6-11H2,1H3. The zero-order valence-electron chi connectivity index (χ0n) is 10.4. The minimum Gasteiger partial charge on any atom is -0.508 e. The van der Waals surface area contributed by atoms with Gasteiger partial charge in [0.2, 0.25) is 0 Å². The number of para-hydroxylation sites is 1. The molecule has 1 aliphatic heterocycles. The number of hydrogen-bond acceptors (Lipinski definition) is 3. The van der Waals surface area contributed by atoms with Crippen LogP contribution in [-0.2, 0) is 11.3 Å². The number of aromatic hydroxyl groups is 1. The van der Waals surface area contributed by atoms with E-state index >= 15 is 0 Å². The summed E-state index contributed by atoms with van der Waals surface area (Å²) in [5.41, 5.74) is 1.30. The van der Waals surface area contributed by atoms with Crippen LogP contribution in [-0.4, -0.2) is 24.9 Å². The van der Waals surface area contributed by atoms with Gasteiger partial charge in [-0.1, -0.05) is 25.1 Å². The third-order valence-electron chi connectivity index (χ3n) is 3.56. The van der Waals surface area contributed by atoms with Crippen LogP contribution in [0.15, 0.2) is 24.3 Å². The molecule has 1 aromatic carbocycles. The Kier molecular flexibility index (Phi) is 4.02. The number of benzene rings is 1. The third kappa shape index (κ3) is 3.45. The summed E-state index contributed by atoms with van der Waals surface area (Å²) in [7, 11) is 0. The maximum absolute atomic E-state index is 9.65. The zero-order valence-corrected chi connectivity index (χ0v) is 10.4. The van der Waals surface area contributed by atoms with Gasteiger partial charge in [-0.2, -0.15) is 0 Å². The molecule has 94 valence electrons. The van der Waals surface area contributed by atoms with E-state index in [-0.39, 0.29) is 0 Å². The summed E-state index contributed by atoms with van der Waals surface area (Å²) in [4.78, 5) is 0. The Labute approximate surface area is 103 Å². The topological polar surface area (TPSA) is 41.5 Å². The monoisotopic (exact) mass is 235 g/mol. The van der Waals surface area contributed by atoms with Crippen LogP contribution >= 0.6 is 0 Å². The molecule has 1 saturated heterocycles. The summed E-state index contributed by atoms with van der Waals surface area (Å²) in [6.45, 7) is 5.74. The van der Waals surface area contributed by atoms with Crippen molar-refractivity contribution in [3.63, 3.8) is 0 Å². The van der Waals surface area contributed by atoms with Crippen molar-refractivity contribution in [3.8, 4) is 5.75 Å². The smallest absolute Gasteiger partial charge is 0.120 e. The largest absolute Gasteiger partial charge is 0.508 e. The van der Waals surface area contributed by atoms with E-state index in [0.29, 0.717) is 11.2 Å². The molecule has 0 atom stereocenters. The van der Waals surface area contributed by atoms with Crippen molar-refractivity contribution < 1.29 is 9.84 Å². The Morgan fingerprint density at radius 3 is 2.71 bits per heavy atom. The second-order valence-corrected chi connectivity index (χ2v) is 5.16. The number of phenols is 1. The maximum atomic E-state index is 9.65. The second kappa shape index (κ2) is 5.52. The van der Waals surface area contributed by atoms with Crippen LogP contribution in [0, 0.1) is 5.41 Å². The number of nitrogens with one attached hydrogen (secondary N) is 1. The molecular weight excluding hydrogens is 214 g/mol. The van der Waals surface area contributed by atoms with Gasteiger partial charge in [0.1, 0.15) is 5.75 Å². The van der Waals surface area contributed by atoms with Crippen molar-refractivity contribution in [2.75, 3.05) is 19.8 Å². The molecule has 0 aliphatic carbocycles. The van der Waals surface area contributed by atoms with E-state index in [9.17, 15) is 5.11 Å². The normalized spacial score (nSPS) is 19.1. The number of ether oxygens (including phenoxy) is 1. The molecule has 3 nitrogen and oxygen atoms in total. The molecule has 1 aliphatic rings. The Balaban J connectivity index is 1.81. The molecule has 0 amide bonds. The molecule has 17 heavy (non-hydrogen) atoms. The molecule has 3 heteroatoms. The van der Waals surface area contributed by atoms with Crippen LogP contribution in [0.25, 0.3) is 0 Å². The lowest BCUT2D eigenvalue weighted by molar-refractivity contribution is 0.0240. The van der Waals surface area contributed by atoms with Crippen LogP contribution in [0.2, 0.25) is 0 Å². The molecule has 0 radical (unpaired) electrons. The number of phenolic OH excluding ortho intramolecular Hbond substituents is 1. The average molecular weight is 235 g/mol. The summed E-state index contributed by atoms with van der Waals surface area (Å²) in [5.74, 6) is 0.372. The Bertz CT molecular complexity index is 359. The van der Waals surface area contributed by atoms with E-state index in [1.165, 1.54) is 0 Å². The number of hydrogen-bond donors (Lipinski definition) is 2. The van der Waals surface area contributed by atoms with Crippen LogP contribution in [0.4, 0.5) is 0 Å². The molecule has 0 aromatic heterocycles. The zero-order chi connectivity index (χ0) is 12.1. The fourth-order valence-electron chi connectivity index (χ4n) is 2.20. The fourth-order valence-corrected chi connectivity index (χ4v) is 2.20. The summed E-state index contributed by atoms with van der Waals surface area (Å²) < 4.78 is 5.38. The van der Waals surface area contributed by atoms with Gasteiger partial charge in [-0.25, -0.2) is 0 Å². The molecule has 1 aromatic rings. The van der Waals surface area contributed by atoms with Gasteiger partial charge in [0.25, 0.3) is 0 Å². The van der Waals surface area contributed by atoms with Gasteiger partial charge in [-0.15, -0.1) is 0 Å². The summed E-state index contributed by atoms with van der Waals surface area (Å²) in [5, 5.41) is 13.1. The highest BCUT2D eigenvalue weighted by Crippen LogP contribution is 2.28. The lowest BCUT2D eigenvalue weighted by atomic mass is 9.82. The molecule has 0 unspecified atom stereocenters. The van der Waals surface area contributed by atoms with Crippen molar-refractivity contribution >= 4 is 0 Å². The van der Waals surface area contributed by atoms with E-state index in [4.69, 9.17) is 4.74 Å². The van der Waals surface area contributed by atoms with E-state index in [1.54, 1.807) is 6.07 Å². The predicted octanol–water partition coefficient (Wildman–Crippen LogP) is 2.30. The molecule has 0 saturated carbocycles. The van der Waals surface area contributed by atoms with E-state index in [0.717, 1.165) is 44.7 Å². The van der Waals surface area contributed by atoms with Crippen molar-refractivity contribution in [2.45, 2.75) is 26.3 Å². The highest BCUT2D eigenvalue weighted by atomic mass is 16.5. The minimum atomic E-state index is 0.336. The van der Waals surface area contributed by atoms with Gasteiger partial charge in [0.15, 0.2) is 0 Å². The van der Waals surface area contributed by atoms with E-state index < -0.39 is 0 Å². The Morgan fingerprint density at radius 1 is 1.29 bits per heavy atom. The van der Waals surface area contributed by atoms with Gasteiger partial charge in [-0.3, -0.25) is 0 Å². The van der Waals surface area contributed by atoms with Gasteiger partial charge in [-0.05, 0) is 24.3 Å². The first kappa shape index (κ1) is 12.4. The summed E-state index contributed by atoms with van der Waals surface area (Å²) in [6.07, 6.45) is 2.22. The SMILES string of the molecule is CC1(CNCc2ccccc2O)CCOCC1. The first-order valence-corrected chi connectivity index (χ1v) is 6.25. The van der Waals surface area contributed by atoms with Crippen LogP contribution < -0.4 is 5.32 Å². The average Bonchev–Trinajstić information content (AvgIpc) is 2.32. The van der Waals surface area contributed by atoms with Gasteiger partial charge in [0.05, 0.1) is 0 Å². The van der Waals surface area contributed by atoms with E-state index in [1.807, 2.05) is 18.2 Å². The highest BCUT2D eigenvalue weighted by Gasteiger charge is 2.26. The van der Waals surface area contributed by atoms with Crippen LogP contribution in [0.3, 0.4) is 0 Å². The van der Waals surface area contributed by atoms with Gasteiger partial charge < -0.3 is 15.2 Å². The van der Waals surface area contributed by atoms with Crippen molar-refractivity contribution in [2.24, 2.45) is 5.41 Å². The summed E-state index contributed by atoms with van der Waals surface area (Å²) in [6, 6.07) is 7.48. The fraction of sp³-hybridized carbons (Fsp3) is 0.571. The summed E-state index contributed by atoms with van der Waals surface area (Å²) >= 11 is 0. The predicted molar refractivity (Wildman–Crippen MR) is 68.0 cm³/mol. The first-order chi connectivity index (χ1) is 8.20. The third-order valence-corrected chi connectivity index (χ3v) is 3.56. The molecule has 0 spiro atoms. The molecule has 1 heterocycles. The number of rotatable bonds is 4. The molecule has 0 bridgehead atoms. The van der Waals surface area contributed by atoms with E-state index in [2.05, 4.69) is 12.2 Å². The Morgan fingerprint density at radius 2 is 2.00 bits per heavy atom. The second-order valence-electron chi connectivity index (χ2n) is 5.16. The van der Waals surface area contributed by atoms with Gasteiger partial charge >= 0.3 is 0 Å².